The van der Waals surface area contributed by atoms with Crippen molar-refractivity contribution >= 4 is 15.9 Å². The van der Waals surface area contributed by atoms with E-state index in [0.29, 0.717) is 38.4 Å². The normalized spacial score (nSPS) is 17.0. The molecule has 0 atom stereocenters. The van der Waals surface area contributed by atoms with Crippen LogP contribution in [0.25, 0.3) is 0 Å². The predicted molar refractivity (Wildman–Crippen MR) is 84.5 cm³/mol. The van der Waals surface area contributed by atoms with Gasteiger partial charge in [-0.1, -0.05) is 0 Å². The summed E-state index contributed by atoms with van der Waals surface area (Å²) >= 11 is 0. The van der Waals surface area contributed by atoms with Crippen molar-refractivity contribution in [3.63, 3.8) is 0 Å². The molecule has 0 saturated carbocycles. The van der Waals surface area contributed by atoms with Crippen molar-refractivity contribution in [2.24, 2.45) is 11.7 Å². The second-order valence-corrected chi connectivity index (χ2v) is 7.59. The third-order valence-electron chi connectivity index (χ3n) is 4.02. The van der Waals surface area contributed by atoms with Gasteiger partial charge in [-0.2, -0.15) is 4.31 Å². The number of nitrogens with one attached hydrogen (secondary N) is 1. The van der Waals surface area contributed by atoms with Crippen LogP contribution in [0.4, 0.5) is 8.78 Å². The van der Waals surface area contributed by atoms with Crippen molar-refractivity contribution in [3.05, 3.63) is 29.8 Å². The molecule has 1 fully saturated rings. The Morgan fingerprint density at radius 3 is 2.58 bits per heavy atom. The van der Waals surface area contributed by atoms with Gasteiger partial charge in [-0.3, -0.25) is 4.79 Å². The average Bonchev–Trinajstić information content (AvgIpc) is 2.57. The molecule has 0 aromatic heterocycles. The predicted octanol–water partition coefficient (Wildman–Crippen LogP) is 0.830. The second kappa shape index (κ2) is 8.00. The molecule has 0 bridgehead atoms. The van der Waals surface area contributed by atoms with Crippen LogP contribution in [-0.2, 0) is 14.8 Å². The number of hydrogen-bond acceptors (Lipinski definition) is 4. The van der Waals surface area contributed by atoms with Gasteiger partial charge < -0.3 is 11.1 Å². The molecule has 0 unspecified atom stereocenters. The second-order valence-electron chi connectivity index (χ2n) is 5.69. The Labute approximate surface area is 140 Å². The number of amides is 1. The standard InChI is InChI=1S/C15H21F2N3O3S/c16-12-2-3-13(17)14(10-12)24(22,23)20-8-4-11(5-9-20)15(21)19-7-1-6-18/h2-3,10-11H,1,4-9,18H2,(H,19,21). The van der Waals surface area contributed by atoms with E-state index in [1.165, 1.54) is 0 Å². The first-order valence-electron chi connectivity index (χ1n) is 7.79. The van der Waals surface area contributed by atoms with E-state index >= 15 is 0 Å². The van der Waals surface area contributed by atoms with Crippen LogP contribution in [0.15, 0.2) is 23.1 Å². The van der Waals surface area contributed by atoms with Crippen LogP contribution in [0.1, 0.15) is 19.3 Å². The summed E-state index contributed by atoms with van der Waals surface area (Å²) in [7, 11) is -4.12. The lowest BCUT2D eigenvalue weighted by molar-refractivity contribution is -0.126. The Kier molecular flexibility index (Phi) is 6.25. The maximum Gasteiger partial charge on any atom is 0.246 e. The van der Waals surface area contributed by atoms with E-state index in [0.717, 1.165) is 16.4 Å². The van der Waals surface area contributed by atoms with E-state index in [-0.39, 0.29) is 24.9 Å². The molecule has 1 amide bonds. The summed E-state index contributed by atoms with van der Waals surface area (Å²) in [6.45, 7) is 1.15. The number of nitrogens with zero attached hydrogens (tertiary/aromatic N) is 1. The zero-order chi connectivity index (χ0) is 17.7. The number of carbonyl (C=O) groups is 1. The molecule has 1 saturated heterocycles. The summed E-state index contributed by atoms with van der Waals surface area (Å²) in [6.07, 6.45) is 1.35. The molecule has 134 valence electrons. The molecule has 6 nitrogen and oxygen atoms in total. The molecule has 0 spiro atoms. The fraction of sp³-hybridized carbons (Fsp3) is 0.533. The number of sulfonamides is 1. The van der Waals surface area contributed by atoms with Crippen molar-refractivity contribution in [3.8, 4) is 0 Å². The molecular formula is C15H21F2N3O3S. The molecule has 9 heteroatoms. The SMILES string of the molecule is NCCCNC(=O)C1CCN(S(=O)(=O)c2cc(F)ccc2F)CC1. The van der Waals surface area contributed by atoms with Gasteiger partial charge in [0.25, 0.3) is 0 Å². The number of hydrogen-bond donors (Lipinski definition) is 2. The van der Waals surface area contributed by atoms with Crippen molar-refractivity contribution in [2.75, 3.05) is 26.2 Å². The van der Waals surface area contributed by atoms with E-state index < -0.39 is 26.6 Å². The molecule has 0 radical (unpaired) electrons. The highest BCUT2D eigenvalue weighted by Gasteiger charge is 2.33. The minimum atomic E-state index is -4.12. The molecule has 2 rings (SSSR count). The summed E-state index contributed by atoms with van der Waals surface area (Å²) < 4.78 is 53.0. The van der Waals surface area contributed by atoms with Gasteiger partial charge in [0.15, 0.2) is 0 Å². The van der Waals surface area contributed by atoms with Gasteiger partial charge in [0, 0.05) is 25.6 Å². The first-order chi connectivity index (χ1) is 11.4. The highest BCUT2D eigenvalue weighted by atomic mass is 32.2. The van der Waals surface area contributed by atoms with Crippen molar-refractivity contribution < 1.29 is 22.0 Å². The smallest absolute Gasteiger partial charge is 0.246 e. The van der Waals surface area contributed by atoms with Crippen LogP contribution in [0.2, 0.25) is 0 Å². The van der Waals surface area contributed by atoms with E-state index in [4.69, 9.17) is 5.73 Å². The molecule has 24 heavy (non-hydrogen) atoms. The Morgan fingerprint density at radius 1 is 1.29 bits per heavy atom. The average molecular weight is 361 g/mol. The Hall–Kier alpha value is -1.58. The highest BCUT2D eigenvalue weighted by molar-refractivity contribution is 7.89. The topological polar surface area (TPSA) is 92.5 Å². The lowest BCUT2D eigenvalue weighted by Gasteiger charge is -2.30. The number of benzene rings is 1. The Bertz CT molecular complexity index is 689. The molecule has 0 aliphatic carbocycles. The fourth-order valence-corrected chi connectivity index (χ4v) is 4.18. The third kappa shape index (κ3) is 4.28. The van der Waals surface area contributed by atoms with Crippen molar-refractivity contribution in [1.82, 2.24) is 9.62 Å². The van der Waals surface area contributed by atoms with Gasteiger partial charge in [-0.05, 0) is 44.0 Å². The molecule has 3 N–H and O–H groups in total. The zero-order valence-electron chi connectivity index (χ0n) is 13.2. The minimum Gasteiger partial charge on any atom is -0.356 e. The van der Waals surface area contributed by atoms with Gasteiger partial charge in [0.2, 0.25) is 15.9 Å². The molecule has 1 aliphatic heterocycles. The van der Waals surface area contributed by atoms with E-state index in [1.54, 1.807) is 0 Å². The van der Waals surface area contributed by atoms with Crippen molar-refractivity contribution in [1.29, 1.82) is 0 Å². The summed E-state index contributed by atoms with van der Waals surface area (Å²) in [4.78, 5) is 11.3. The van der Waals surface area contributed by atoms with Gasteiger partial charge in [-0.25, -0.2) is 17.2 Å². The van der Waals surface area contributed by atoms with Crippen LogP contribution >= 0.6 is 0 Å². The molecular weight excluding hydrogens is 340 g/mol. The molecule has 1 aromatic carbocycles. The molecule has 1 aromatic rings. The lowest BCUT2D eigenvalue weighted by atomic mass is 9.97. The van der Waals surface area contributed by atoms with E-state index in [2.05, 4.69) is 5.32 Å². The molecule has 1 heterocycles. The van der Waals surface area contributed by atoms with Gasteiger partial charge in [-0.15, -0.1) is 0 Å². The minimum absolute atomic E-state index is 0.0905. The number of rotatable bonds is 6. The highest BCUT2D eigenvalue weighted by Crippen LogP contribution is 2.26. The lowest BCUT2D eigenvalue weighted by Crippen LogP contribution is -2.43. The quantitative estimate of drug-likeness (QED) is 0.734. The largest absolute Gasteiger partial charge is 0.356 e. The number of piperidine rings is 1. The van der Waals surface area contributed by atoms with Crippen LogP contribution in [0.3, 0.4) is 0 Å². The van der Waals surface area contributed by atoms with Crippen LogP contribution in [0, 0.1) is 17.6 Å². The Morgan fingerprint density at radius 2 is 1.96 bits per heavy atom. The molecule has 1 aliphatic rings. The first kappa shape index (κ1) is 18.8. The fourth-order valence-electron chi connectivity index (χ4n) is 2.63. The first-order valence-corrected chi connectivity index (χ1v) is 9.23. The maximum absolute atomic E-state index is 13.8. The maximum atomic E-state index is 13.8. The van der Waals surface area contributed by atoms with E-state index in [9.17, 15) is 22.0 Å². The summed E-state index contributed by atoms with van der Waals surface area (Å²) in [5, 5.41) is 2.76. The van der Waals surface area contributed by atoms with Gasteiger partial charge in [0.1, 0.15) is 16.5 Å². The summed E-state index contributed by atoms with van der Waals surface area (Å²) in [6, 6.07) is 2.34. The number of halogens is 2. The van der Waals surface area contributed by atoms with Gasteiger partial charge >= 0.3 is 0 Å². The monoisotopic (exact) mass is 361 g/mol. The number of carbonyl (C=O) groups excluding carboxylic acids is 1. The van der Waals surface area contributed by atoms with Crippen LogP contribution in [-0.4, -0.2) is 44.8 Å². The van der Waals surface area contributed by atoms with E-state index in [1.807, 2.05) is 0 Å². The van der Waals surface area contributed by atoms with Gasteiger partial charge in [0.05, 0.1) is 0 Å². The van der Waals surface area contributed by atoms with Crippen molar-refractivity contribution in [2.45, 2.75) is 24.2 Å². The summed E-state index contributed by atoms with van der Waals surface area (Å²) in [5.41, 5.74) is 5.36. The number of nitrogens with two attached hydrogens (primary N) is 1. The summed E-state index contributed by atoms with van der Waals surface area (Å²) in [5.74, 6) is -2.22. The van der Waals surface area contributed by atoms with Crippen LogP contribution < -0.4 is 11.1 Å². The zero-order valence-corrected chi connectivity index (χ0v) is 14.0. The third-order valence-corrected chi connectivity index (χ3v) is 5.93. The van der Waals surface area contributed by atoms with Crippen LogP contribution in [0.5, 0.6) is 0 Å². The Balaban J connectivity index is 2.01.